The lowest BCUT2D eigenvalue weighted by Crippen LogP contribution is -2.12. The SMILES string of the molecule is CS/C1=C\C(CO)C=CCCC2=CCCC=C2C1=O. The monoisotopic (exact) mass is 276 g/mol. The molecule has 0 saturated heterocycles. The van der Waals surface area contributed by atoms with Crippen molar-refractivity contribution >= 4 is 17.5 Å². The van der Waals surface area contributed by atoms with Gasteiger partial charge in [-0.2, -0.15) is 0 Å². The Labute approximate surface area is 119 Å². The second-order valence-electron chi connectivity index (χ2n) is 4.80. The van der Waals surface area contributed by atoms with Crippen molar-refractivity contribution < 1.29 is 9.90 Å². The highest BCUT2D eigenvalue weighted by molar-refractivity contribution is 8.03. The van der Waals surface area contributed by atoms with E-state index in [0.29, 0.717) is 0 Å². The second kappa shape index (κ2) is 6.92. The van der Waals surface area contributed by atoms with E-state index in [1.54, 1.807) is 0 Å². The first-order chi connectivity index (χ1) is 9.26. The van der Waals surface area contributed by atoms with Crippen LogP contribution in [0.25, 0.3) is 0 Å². The number of Topliss-reactive ketones (excluding diaryl/α,β-unsaturated/α-hetero) is 1. The Morgan fingerprint density at radius 3 is 2.84 bits per heavy atom. The van der Waals surface area contributed by atoms with E-state index in [9.17, 15) is 9.90 Å². The van der Waals surface area contributed by atoms with Crippen LogP contribution in [0.3, 0.4) is 0 Å². The summed E-state index contributed by atoms with van der Waals surface area (Å²) in [6.07, 6.45) is 16.0. The second-order valence-corrected chi connectivity index (χ2v) is 5.65. The molecule has 1 N–H and O–H groups in total. The lowest BCUT2D eigenvalue weighted by atomic mass is 9.89. The van der Waals surface area contributed by atoms with Gasteiger partial charge in [-0.25, -0.2) is 0 Å². The average molecular weight is 276 g/mol. The molecule has 19 heavy (non-hydrogen) atoms. The molecular weight excluding hydrogens is 256 g/mol. The maximum atomic E-state index is 12.6. The van der Waals surface area contributed by atoms with Gasteiger partial charge in [0.15, 0.2) is 5.78 Å². The third kappa shape index (κ3) is 3.48. The fourth-order valence-electron chi connectivity index (χ4n) is 2.44. The van der Waals surface area contributed by atoms with E-state index < -0.39 is 0 Å². The van der Waals surface area contributed by atoms with Crippen LogP contribution in [-0.2, 0) is 4.79 Å². The molecular formula is C16H20O2S. The minimum absolute atomic E-state index is 0.0512. The zero-order chi connectivity index (χ0) is 13.7. The van der Waals surface area contributed by atoms with Crippen LogP contribution >= 0.6 is 11.8 Å². The smallest absolute Gasteiger partial charge is 0.198 e. The van der Waals surface area contributed by atoms with E-state index in [0.717, 1.165) is 36.2 Å². The molecule has 0 amide bonds. The predicted molar refractivity (Wildman–Crippen MR) is 81.0 cm³/mol. The van der Waals surface area contributed by atoms with Gasteiger partial charge in [-0.15, -0.1) is 11.8 Å². The van der Waals surface area contributed by atoms with Crippen molar-refractivity contribution in [1.29, 1.82) is 0 Å². The van der Waals surface area contributed by atoms with Crippen LogP contribution in [0.15, 0.2) is 46.4 Å². The van der Waals surface area contributed by atoms with Crippen LogP contribution in [0.2, 0.25) is 0 Å². The van der Waals surface area contributed by atoms with Gasteiger partial charge in [0.05, 0.1) is 11.5 Å². The molecule has 0 aromatic carbocycles. The van der Waals surface area contributed by atoms with E-state index in [-0.39, 0.29) is 18.3 Å². The summed E-state index contributed by atoms with van der Waals surface area (Å²) >= 11 is 1.47. The van der Waals surface area contributed by atoms with Gasteiger partial charge < -0.3 is 5.11 Å². The number of aliphatic hydroxyl groups excluding tert-OH is 1. The van der Waals surface area contributed by atoms with Crippen LogP contribution in [0, 0.1) is 5.92 Å². The van der Waals surface area contributed by atoms with Crippen molar-refractivity contribution in [2.45, 2.75) is 25.7 Å². The van der Waals surface area contributed by atoms with Crippen molar-refractivity contribution in [1.82, 2.24) is 0 Å². The Morgan fingerprint density at radius 1 is 1.32 bits per heavy atom. The molecule has 0 saturated carbocycles. The fourth-order valence-corrected chi connectivity index (χ4v) is 3.05. The third-order valence-electron chi connectivity index (χ3n) is 3.48. The Balaban J connectivity index is 2.37. The first-order valence-corrected chi connectivity index (χ1v) is 7.96. The molecule has 102 valence electrons. The topological polar surface area (TPSA) is 37.3 Å². The first-order valence-electron chi connectivity index (χ1n) is 6.74. The van der Waals surface area contributed by atoms with Gasteiger partial charge in [0.25, 0.3) is 0 Å². The lowest BCUT2D eigenvalue weighted by molar-refractivity contribution is -0.111. The number of fused-ring (bicyclic) bond motifs is 1. The van der Waals surface area contributed by atoms with Crippen LogP contribution < -0.4 is 0 Å². The minimum atomic E-state index is -0.0545. The van der Waals surface area contributed by atoms with Gasteiger partial charge in [-0.1, -0.05) is 30.4 Å². The zero-order valence-corrected chi connectivity index (χ0v) is 12.1. The maximum absolute atomic E-state index is 12.6. The van der Waals surface area contributed by atoms with Crippen molar-refractivity contribution in [2.24, 2.45) is 5.92 Å². The highest BCUT2D eigenvalue weighted by Gasteiger charge is 2.21. The largest absolute Gasteiger partial charge is 0.395 e. The normalized spacial score (nSPS) is 26.9. The minimum Gasteiger partial charge on any atom is -0.395 e. The molecule has 2 rings (SSSR count). The van der Waals surface area contributed by atoms with Gasteiger partial charge in [0.1, 0.15) is 0 Å². The lowest BCUT2D eigenvalue weighted by Gasteiger charge is -2.18. The predicted octanol–water partition coefficient (Wildman–Crippen LogP) is 3.41. The van der Waals surface area contributed by atoms with E-state index >= 15 is 0 Å². The summed E-state index contributed by atoms with van der Waals surface area (Å²) < 4.78 is 0. The molecule has 2 aliphatic carbocycles. The van der Waals surface area contributed by atoms with Crippen LogP contribution in [0.4, 0.5) is 0 Å². The quantitative estimate of drug-likeness (QED) is 0.785. The highest BCUT2D eigenvalue weighted by Crippen LogP contribution is 2.30. The number of hydrogen-bond donors (Lipinski definition) is 1. The van der Waals surface area contributed by atoms with Crippen molar-refractivity contribution in [3.8, 4) is 0 Å². The van der Waals surface area contributed by atoms with Gasteiger partial charge >= 0.3 is 0 Å². The Kier molecular flexibility index (Phi) is 5.23. The number of rotatable bonds is 2. The third-order valence-corrected chi connectivity index (χ3v) is 4.24. The molecule has 2 nitrogen and oxygen atoms in total. The summed E-state index contributed by atoms with van der Waals surface area (Å²) in [6.45, 7) is 0.0512. The summed E-state index contributed by atoms with van der Waals surface area (Å²) in [5.41, 5.74) is 2.06. The van der Waals surface area contributed by atoms with Crippen LogP contribution in [-0.4, -0.2) is 23.8 Å². The standard InChI is InChI=1S/C16H20O2S/c1-19-15-10-12(11-17)6-2-3-7-13-8-4-5-9-14(13)16(15)18/h2,6,8-10,12,17H,3-5,7,11H2,1H3/b6-2?,15-10-. The van der Waals surface area contributed by atoms with E-state index in [1.807, 2.05) is 18.4 Å². The fraction of sp³-hybridized carbons (Fsp3) is 0.438. The number of thioether (sulfide) groups is 1. The number of aliphatic hydroxyl groups is 1. The Hall–Kier alpha value is -1.06. The molecule has 0 aromatic heterocycles. The van der Waals surface area contributed by atoms with E-state index in [1.165, 1.54) is 17.3 Å². The van der Waals surface area contributed by atoms with Crippen molar-refractivity contribution in [3.05, 3.63) is 46.4 Å². The number of ketones is 1. The molecule has 0 spiro atoms. The molecule has 2 aliphatic rings. The zero-order valence-electron chi connectivity index (χ0n) is 11.3. The Morgan fingerprint density at radius 2 is 2.11 bits per heavy atom. The molecule has 3 heteroatoms. The molecule has 0 fully saturated rings. The van der Waals surface area contributed by atoms with Crippen LogP contribution in [0.5, 0.6) is 0 Å². The maximum Gasteiger partial charge on any atom is 0.198 e. The number of carbonyl (C=O) groups excluding carboxylic acids is 1. The van der Waals surface area contributed by atoms with Gasteiger partial charge in [-0.05, 0) is 37.5 Å². The average Bonchev–Trinajstić information content (AvgIpc) is 2.46. The molecule has 0 bridgehead atoms. The molecule has 1 unspecified atom stereocenters. The molecule has 0 heterocycles. The van der Waals surface area contributed by atoms with Gasteiger partial charge in [0, 0.05) is 11.5 Å². The van der Waals surface area contributed by atoms with Crippen molar-refractivity contribution in [3.63, 3.8) is 0 Å². The van der Waals surface area contributed by atoms with Gasteiger partial charge in [0.2, 0.25) is 0 Å². The molecule has 1 atom stereocenters. The number of allylic oxidation sites excluding steroid dienone is 6. The van der Waals surface area contributed by atoms with E-state index in [2.05, 4.69) is 18.2 Å². The number of carbonyl (C=O) groups is 1. The van der Waals surface area contributed by atoms with Gasteiger partial charge in [-0.3, -0.25) is 4.79 Å². The Bertz CT molecular complexity index is 469. The first kappa shape index (κ1) is 14.4. The van der Waals surface area contributed by atoms with Crippen molar-refractivity contribution in [2.75, 3.05) is 12.9 Å². The molecule has 0 aliphatic heterocycles. The summed E-state index contributed by atoms with van der Waals surface area (Å²) in [4.78, 5) is 13.3. The summed E-state index contributed by atoms with van der Waals surface area (Å²) in [6, 6.07) is 0. The highest BCUT2D eigenvalue weighted by atomic mass is 32.2. The molecule has 0 radical (unpaired) electrons. The summed E-state index contributed by atoms with van der Waals surface area (Å²) in [7, 11) is 0. The van der Waals surface area contributed by atoms with E-state index in [4.69, 9.17) is 0 Å². The molecule has 0 aromatic rings. The van der Waals surface area contributed by atoms with Crippen LogP contribution in [0.1, 0.15) is 25.7 Å². The number of hydrogen-bond acceptors (Lipinski definition) is 3. The summed E-state index contributed by atoms with van der Waals surface area (Å²) in [5, 5.41) is 9.36. The summed E-state index contributed by atoms with van der Waals surface area (Å²) in [5.74, 6) is 0.0633.